The fraction of sp³-hybridized carbons (Fsp3) is 0. The number of ether oxygens (including phenoxy) is 1. The molecule has 0 saturated heterocycles. The average molecular weight is 274 g/mol. The first-order valence-electron chi connectivity index (χ1n) is 5.64. The minimum Gasteiger partial charge on any atom is -0.423 e. The number of rotatable bonds is 3. The van der Waals surface area contributed by atoms with Gasteiger partial charge in [-0.1, -0.05) is 23.7 Å². The molecule has 19 heavy (non-hydrogen) atoms. The normalized spacial score (nSPS) is 10.6. The number of nitrogen functional groups attached to an aromatic ring is 1. The van der Waals surface area contributed by atoms with Crippen molar-refractivity contribution >= 4 is 29.3 Å². The molecule has 0 heterocycles. The molecular formula is C15H12ClNO2. The Morgan fingerprint density at radius 2 is 1.89 bits per heavy atom. The first-order valence-corrected chi connectivity index (χ1v) is 6.02. The number of anilines is 1. The Kier molecular flexibility index (Phi) is 4.21. The van der Waals surface area contributed by atoms with Crippen molar-refractivity contribution in [2.24, 2.45) is 0 Å². The Morgan fingerprint density at radius 3 is 2.58 bits per heavy atom. The van der Waals surface area contributed by atoms with Crippen molar-refractivity contribution in [2.75, 3.05) is 5.73 Å². The summed E-state index contributed by atoms with van der Waals surface area (Å²) < 4.78 is 5.11. The summed E-state index contributed by atoms with van der Waals surface area (Å²) in [4.78, 5) is 11.6. The van der Waals surface area contributed by atoms with Crippen molar-refractivity contribution in [1.29, 1.82) is 0 Å². The van der Waals surface area contributed by atoms with E-state index in [1.807, 2.05) is 12.1 Å². The minimum atomic E-state index is -0.454. The van der Waals surface area contributed by atoms with E-state index in [9.17, 15) is 4.79 Å². The topological polar surface area (TPSA) is 52.3 Å². The zero-order valence-electron chi connectivity index (χ0n) is 10.0. The van der Waals surface area contributed by atoms with Gasteiger partial charge < -0.3 is 10.5 Å². The highest BCUT2D eigenvalue weighted by Gasteiger charge is 2.00. The van der Waals surface area contributed by atoms with Crippen molar-refractivity contribution in [3.05, 3.63) is 65.2 Å². The minimum absolute atomic E-state index is 0.454. The number of esters is 1. The van der Waals surface area contributed by atoms with Crippen LogP contribution in [0.25, 0.3) is 6.08 Å². The number of carbonyl (C=O) groups is 1. The second-order valence-electron chi connectivity index (χ2n) is 3.88. The van der Waals surface area contributed by atoms with E-state index in [1.165, 1.54) is 6.08 Å². The summed E-state index contributed by atoms with van der Waals surface area (Å²) in [6.45, 7) is 0. The molecule has 96 valence electrons. The number of hydrogen-bond donors (Lipinski definition) is 1. The van der Waals surface area contributed by atoms with E-state index in [0.29, 0.717) is 16.5 Å². The predicted octanol–water partition coefficient (Wildman–Crippen LogP) is 3.54. The Hall–Kier alpha value is -2.26. The van der Waals surface area contributed by atoms with Crippen molar-refractivity contribution in [1.82, 2.24) is 0 Å². The van der Waals surface area contributed by atoms with Gasteiger partial charge >= 0.3 is 5.97 Å². The molecule has 0 fully saturated rings. The van der Waals surface area contributed by atoms with Gasteiger partial charge in [0.1, 0.15) is 5.75 Å². The monoisotopic (exact) mass is 273 g/mol. The van der Waals surface area contributed by atoms with Gasteiger partial charge in [0.15, 0.2) is 0 Å². The van der Waals surface area contributed by atoms with Gasteiger partial charge in [-0.25, -0.2) is 4.79 Å². The molecule has 2 aromatic carbocycles. The molecule has 0 spiro atoms. The number of carbonyl (C=O) groups excluding carboxylic acids is 1. The largest absolute Gasteiger partial charge is 0.423 e. The summed E-state index contributed by atoms with van der Waals surface area (Å²) in [6, 6.07) is 13.8. The van der Waals surface area contributed by atoms with Crippen molar-refractivity contribution in [3.8, 4) is 5.75 Å². The lowest BCUT2D eigenvalue weighted by atomic mass is 10.2. The smallest absolute Gasteiger partial charge is 0.336 e. The fourth-order valence-corrected chi connectivity index (χ4v) is 1.66. The van der Waals surface area contributed by atoms with Crippen LogP contribution in [0.1, 0.15) is 5.56 Å². The van der Waals surface area contributed by atoms with Gasteiger partial charge in [-0.05, 0) is 48.0 Å². The molecule has 2 aromatic rings. The van der Waals surface area contributed by atoms with E-state index in [-0.39, 0.29) is 0 Å². The molecule has 0 amide bonds. The number of halogens is 1. The highest BCUT2D eigenvalue weighted by molar-refractivity contribution is 6.30. The van der Waals surface area contributed by atoms with Crippen LogP contribution in [0.15, 0.2) is 54.6 Å². The summed E-state index contributed by atoms with van der Waals surface area (Å²) in [5.74, 6) is -0.000286. The van der Waals surface area contributed by atoms with Crippen LogP contribution in [0.3, 0.4) is 0 Å². The third-order valence-electron chi connectivity index (χ3n) is 2.36. The Balaban J connectivity index is 1.99. The first kappa shape index (κ1) is 13.2. The van der Waals surface area contributed by atoms with Crippen LogP contribution >= 0.6 is 11.6 Å². The maximum atomic E-state index is 11.6. The second kappa shape index (κ2) is 6.07. The van der Waals surface area contributed by atoms with E-state index in [0.717, 1.165) is 5.56 Å². The third-order valence-corrected chi connectivity index (χ3v) is 2.59. The van der Waals surface area contributed by atoms with E-state index < -0.39 is 5.97 Å². The van der Waals surface area contributed by atoms with Gasteiger partial charge in [0.2, 0.25) is 0 Å². The molecular weight excluding hydrogens is 262 g/mol. The lowest BCUT2D eigenvalue weighted by Gasteiger charge is -2.01. The van der Waals surface area contributed by atoms with E-state index in [4.69, 9.17) is 22.1 Å². The van der Waals surface area contributed by atoms with Crippen LogP contribution < -0.4 is 10.5 Å². The first-order chi connectivity index (χ1) is 9.13. The maximum Gasteiger partial charge on any atom is 0.336 e. The summed E-state index contributed by atoms with van der Waals surface area (Å²) in [7, 11) is 0. The zero-order chi connectivity index (χ0) is 13.7. The summed E-state index contributed by atoms with van der Waals surface area (Å²) in [6.07, 6.45) is 2.99. The molecule has 3 nitrogen and oxygen atoms in total. The molecule has 0 aliphatic heterocycles. The molecule has 0 aliphatic rings. The van der Waals surface area contributed by atoms with Crippen LogP contribution in [-0.4, -0.2) is 5.97 Å². The van der Waals surface area contributed by atoms with Gasteiger partial charge in [0.05, 0.1) is 0 Å². The van der Waals surface area contributed by atoms with E-state index in [2.05, 4.69) is 0 Å². The third kappa shape index (κ3) is 4.16. The van der Waals surface area contributed by atoms with Gasteiger partial charge in [-0.15, -0.1) is 0 Å². The standard InChI is InChI=1S/C15H12ClNO2/c16-12-3-1-2-11(10-12)4-9-15(18)19-14-7-5-13(17)6-8-14/h1-10H,17H2. The number of benzene rings is 2. The van der Waals surface area contributed by atoms with Crippen molar-refractivity contribution in [3.63, 3.8) is 0 Å². The van der Waals surface area contributed by atoms with Gasteiger partial charge in [0, 0.05) is 16.8 Å². The molecule has 0 bridgehead atoms. The summed E-state index contributed by atoms with van der Waals surface area (Å²) in [5, 5.41) is 0.619. The number of hydrogen-bond acceptors (Lipinski definition) is 3. The average Bonchev–Trinajstić information content (AvgIpc) is 2.39. The lowest BCUT2D eigenvalue weighted by Crippen LogP contribution is -2.03. The Labute approximate surface area is 116 Å². The molecule has 2 N–H and O–H groups in total. The molecule has 0 aliphatic carbocycles. The SMILES string of the molecule is Nc1ccc(OC(=O)C=Cc2cccc(Cl)c2)cc1. The van der Waals surface area contributed by atoms with E-state index in [1.54, 1.807) is 42.5 Å². The zero-order valence-corrected chi connectivity index (χ0v) is 10.8. The predicted molar refractivity (Wildman–Crippen MR) is 77.0 cm³/mol. The van der Waals surface area contributed by atoms with E-state index >= 15 is 0 Å². The quantitative estimate of drug-likeness (QED) is 0.403. The second-order valence-corrected chi connectivity index (χ2v) is 4.31. The molecule has 0 atom stereocenters. The van der Waals surface area contributed by atoms with Crippen LogP contribution in [0.4, 0.5) is 5.69 Å². The summed E-state index contributed by atoms with van der Waals surface area (Å²) >= 11 is 5.84. The van der Waals surface area contributed by atoms with Gasteiger partial charge in [-0.2, -0.15) is 0 Å². The van der Waals surface area contributed by atoms with Crippen molar-refractivity contribution in [2.45, 2.75) is 0 Å². The molecule has 0 unspecified atom stereocenters. The Morgan fingerprint density at radius 1 is 1.16 bits per heavy atom. The van der Waals surface area contributed by atoms with Crippen LogP contribution in [0, 0.1) is 0 Å². The lowest BCUT2D eigenvalue weighted by molar-refractivity contribution is -0.128. The molecule has 4 heteroatoms. The van der Waals surface area contributed by atoms with Crippen LogP contribution in [-0.2, 0) is 4.79 Å². The Bertz CT molecular complexity index is 606. The van der Waals surface area contributed by atoms with Gasteiger partial charge in [-0.3, -0.25) is 0 Å². The molecule has 0 radical (unpaired) electrons. The highest BCUT2D eigenvalue weighted by atomic mass is 35.5. The maximum absolute atomic E-state index is 11.6. The summed E-state index contributed by atoms with van der Waals surface area (Å²) in [5.41, 5.74) is 6.99. The van der Waals surface area contributed by atoms with Crippen LogP contribution in [0.2, 0.25) is 5.02 Å². The molecule has 0 aromatic heterocycles. The van der Waals surface area contributed by atoms with Crippen molar-refractivity contribution < 1.29 is 9.53 Å². The highest BCUT2D eigenvalue weighted by Crippen LogP contribution is 2.14. The number of nitrogens with two attached hydrogens (primary N) is 1. The molecule has 2 rings (SSSR count). The van der Waals surface area contributed by atoms with Gasteiger partial charge in [0.25, 0.3) is 0 Å². The fourth-order valence-electron chi connectivity index (χ4n) is 1.46. The molecule has 0 saturated carbocycles. The van der Waals surface area contributed by atoms with Crippen LogP contribution in [0.5, 0.6) is 5.75 Å².